The van der Waals surface area contributed by atoms with Crippen LogP contribution in [-0.4, -0.2) is 27.6 Å². The van der Waals surface area contributed by atoms with Crippen molar-refractivity contribution in [2.45, 2.75) is 51.4 Å². The molecule has 0 unspecified atom stereocenters. The normalized spacial score (nSPS) is 19.6. The van der Waals surface area contributed by atoms with Crippen LogP contribution in [0.4, 0.5) is 0 Å². The molecule has 0 radical (unpaired) electrons. The standard InChI is InChI=1S/C10H22O2Si/c1-13(2,3)12-9-8-11-10-6-4-5-7-10/h10H,4-9H2,1-3H3. The van der Waals surface area contributed by atoms with Gasteiger partial charge in [-0.1, -0.05) is 12.8 Å². The molecule has 0 amide bonds. The van der Waals surface area contributed by atoms with Crippen LogP contribution >= 0.6 is 0 Å². The summed E-state index contributed by atoms with van der Waals surface area (Å²) in [5, 5.41) is 0. The molecule has 0 aromatic rings. The SMILES string of the molecule is C[Si](C)(C)OCCOC1CCCC1. The van der Waals surface area contributed by atoms with Gasteiger partial charge in [-0.15, -0.1) is 0 Å². The topological polar surface area (TPSA) is 18.5 Å². The zero-order valence-corrected chi connectivity index (χ0v) is 10.1. The Morgan fingerprint density at radius 3 is 2.23 bits per heavy atom. The van der Waals surface area contributed by atoms with Crippen molar-refractivity contribution in [2.75, 3.05) is 13.2 Å². The van der Waals surface area contributed by atoms with E-state index in [1.54, 1.807) is 0 Å². The van der Waals surface area contributed by atoms with Gasteiger partial charge in [-0.3, -0.25) is 0 Å². The molecular weight excluding hydrogens is 180 g/mol. The molecule has 1 aliphatic carbocycles. The Morgan fingerprint density at radius 2 is 1.69 bits per heavy atom. The monoisotopic (exact) mass is 202 g/mol. The quantitative estimate of drug-likeness (QED) is 0.504. The van der Waals surface area contributed by atoms with Crippen LogP contribution in [0.2, 0.25) is 19.6 Å². The lowest BCUT2D eigenvalue weighted by molar-refractivity contribution is 0.0367. The van der Waals surface area contributed by atoms with Crippen molar-refractivity contribution in [3.8, 4) is 0 Å². The Bertz CT molecular complexity index is 136. The summed E-state index contributed by atoms with van der Waals surface area (Å²) >= 11 is 0. The maximum Gasteiger partial charge on any atom is 0.183 e. The van der Waals surface area contributed by atoms with Gasteiger partial charge in [-0.2, -0.15) is 0 Å². The molecule has 1 saturated carbocycles. The lowest BCUT2D eigenvalue weighted by Crippen LogP contribution is -2.28. The van der Waals surface area contributed by atoms with Gasteiger partial charge < -0.3 is 9.16 Å². The van der Waals surface area contributed by atoms with Crippen LogP contribution in [0.1, 0.15) is 25.7 Å². The van der Waals surface area contributed by atoms with E-state index in [0.29, 0.717) is 6.10 Å². The fourth-order valence-electron chi connectivity index (χ4n) is 1.62. The second kappa shape index (κ2) is 5.13. The minimum atomic E-state index is -1.31. The molecule has 0 aliphatic heterocycles. The second-order valence-corrected chi connectivity index (χ2v) is 9.25. The summed E-state index contributed by atoms with van der Waals surface area (Å²) < 4.78 is 11.4. The first-order valence-corrected chi connectivity index (χ1v) is 8.74. The highest BCUT2D eigenvalue weighted by Gasteiger charge is 2.16. The van der Waals surface area contributed by atoms with Gasteiger partial charge in [0.05, 0.1) is 19.3 Å². The summed E-state index contributed by atoms with van der Waals surface area (Å²) in [4.78, 5) is 0. The summed E-state index contributed by atoms with van der Waals surface area (Å²) in [5.41, 5.74) is 0. The van der Waals surface area contributed by atoms with E-state index >= 15 is 0 Å². The van der Waals surface area contributed by atoms with Crippen LogP contribution in [0.15, 0.2) is 0 Å². The predicted octanol–water partition coefficient (Wildman–Crippen LogP) is 2.80. The van der Waals surface area contributed by atoms with E-state index in [-0.39, 0.29) is 0 Å². The lowest BCUT2D eigenvalue weighted by atomic mass is 10.3. The van der Waals surface area contributed by atoms with Crippen molar-refractivity contribution in [3.05, 3.63) is 0 Å². The molecule has 0 bridgehead atoms. The first-order chi connectivity index (χ1) is 6.08. The molecule has 78 valence electrons. The summed E-state index contributed by atoms with van der Waals surface area (Å²) in [6, 6.07) is 0. The minimum Gasteiger partial charge on any atom is -0.415 e. The van der Waals surface area contributed by atoms with Gasteiger partial charge in [0.2, 0.25) is 0 Å². The van der Waals surface area contributed by atoms with E-state index in [0.717, 1.165) is 13.2 Å². The summed E-state index contributed by atoms with van der Waals surface area (Å²) in [6.07, 6.45) is 5.74. The summed E-state index contributed by atoms with van der Waals surface area (Å²) in [5.74, 6) is 0. The van der Waals surface area contributed by atoms with Crippen LogP contribution < -0.4 is 0 Å². The third-order valence-electron chi connectivity index (χ3n) is 2.27. The van der Waals surface area contributed by atoms with Crippen LogP contribution in [0.25, 0.3) is 0 Å². The van der Waals surface area contributed by atoms with Crippen LogP contribution in [0, 0.1) is 0 Å². The van der Waals surface area contributed by atoms with Gasteiger partial charge in [0, 0.05) is 0 Å². The van der Waals surface area contributed by atoms with Crippen molar-refractivity contribution in [1.29, 1.82) is 0 Å². The molecule has 13 heavy (non-hydrogen) atoms. The maximum atomic E-state index is 5.70. The third-order valence-corrected chi connectivity index (χ3v) is 3.34. The average molecular weight is 202 g/mol. The Labute approximate surface area is 82.7 Å². The van der Waals surface area contributed by atoms with Crippen molar-refractivity contribution in [1.82, 2.24) is 0 Å². The first kappa shape index (κ1) is 11.2. The molecule has 0 atom stereocenters. The molecule has 0 spiro atoms. The van der Waals surface area contributed by atoms with Crippen molar-refractivity contribution < 1.29 is 9.16 Å². The molecule has 0 aromatic heterocycles. The highest BCUT2D eigenvalue weighted by Crippen LogP contribution is 2.20. The number of hydrogen-bond acceptors (Lipinski definition) is 2. The molecule has 2 nitrogen and oxygen atoms in total. The van der Waals surface area contributed by atoms with E-state index < -0.39 is 8.32 Å². The zero-order chi connectivity index (χ0) is 9.73. The van der Waals surface area contributed by atoms with Gasteiger partial charge in [0.25, 0.3) is 0 Å². The average Bonchev–Trinajstić information content (AvgIpc) is 2.48. The molecular formula is C10H22O2Si. The molecule has 1 aliphatic rings. The largest absolute Gasteiger partial charge is 0.415 e. The Hall–Kier alpha value is 0.137. The third kappa shape index (κ3) is 5.44. The molecule has 0 heterocycles. The van der Waals surface area contributed by atoms with E-state index in [2.05, 4.69) is 19.6 Å². The highest BCUT2D eigenvalue weighted by atomic mass is 28.4. The smallest absolute Gasteiger partial charge is 0.183 e. The van der Waals surface area contributed by atoms with Crippen molar-refractivity contribution >= 4 is 8.32 Å². The first-order valence-electron chi connectivity index (χ1n) is 5.33. The molecule has 0 saturated heterocycles. The molecule has 0 N–H and O–H groups in total. The van der Waals surface area contributed by atoms with Gasteiger partial charge in [0.15, 0.2) is 8.32 Å². The van der Waals surface area contributed by atoms with Gasteiger partial charge in [-0.05, 0) is 32.5 Å². The minimum absolute atomic E-state index is 0.533. The number of hydrogen-bond donors (Lipinski definition) is 0. The van der Waals surface area contributed by atoms with Gasteiger partial charge in [-0.25, -0.2) is 0 Å². The van der Waals surface area contributed by atoms with Crippen molar-refractivity contribution in [3.63, 3.8) is 0 Å². The molecule has 0 aromatic carbocycles. The number of rotatable bonds is 5. The van der Waals surface area contributed by atoms with Crippen LogP contribution in [0.5, 0.6) is 0 Å². The summed E-state index contributed by atoms with van der Waals surface area (Å²) in [6.45, 7) is 8.20. The second-order valence-electron chi connectivity index (χ2n) is 4.74. The van der Waals surface area contributed by atoms with E-state index in [1.165, 1.54) is 25.7 Å². The van der Waals surface area contributed by atoms with E-state index in [1.807, 2.05) is 0 Å². The molecule has 1 fully saturated rings. The van der Waals surface area contributed by atoms with Crippen molar-refractivity contribution in [2.24, 2.45) is 0 Å². The van der Waals surface area contributed by atoms with Gasteiger partial charge in [0.1, 0.15) is 0 Å². The van der Waals surface area contributed by atoms with E-state index in [9.17, 15) is 0 Å². The lowest BCUT2D eigenvalue weighted by Gasteiger charge is -2.18. The molecule has 3 heteroatoms. The van der Waals surface area contributed by atoms with Crippen LogP contribution in [0.3, 0.4) is 0 Å². The Kier molecular flexibility index (Phi) is 4.42. The Morgan fingerprint density at radius 1 is 1.08 bits per heavy atom. The maximum absolute atomic E-state index is 5.70. The zero-order valence-electron chi connectivity index (χ0n) is 9.14. The predicted molar refractivity (Wildman–Crippen MR) is 57.5 cm³/mol. The summed E-state index contributed by atoms with van der Waals surface area (Å²) in [7, 11) is -1.31. The fraction of sp³-hybridized carbons (Fsp3) is 1.00. The fourth-order valence-corrected chi connectivity index (χ4v) is 2.31. The number of ether oxygens (including phenoxy) is 1. The highest BCUT2D eigenvalue weighted by molar-refractivity contribution is 6.69. The molecule has 1 rings (SSSR count). The van der Waals surface area contributed by atoms with Crippen LogP contribution in [-0.2, 0) is 9.16 Å². The van der Waals surface area contributed by atoms with Gasteiger partial charge >= 0.3 is 0 Å². The van der Waals surface area contributed by atoms with E-state index in [4.69, 9.17) is 9.16 Å². The Balaban J connectivity index is 1.94.